The number of aromatic hydroxyl groups is 1. The molecule has 166 valence electrons. The second kappa shape index (κ2) is 10.6. The molecule has 9 nitrogen and oxygen atoms in total. The highest BCUT2D eigenvalue weighted by Crippen LogP contribution is 2.19. The molecule has 0 saturated heterocycles. The van der Waals surface area contributed by atoms with E-state index in [1.807, 2.05) is 0 Å². The van der Waals surface area contributed by atoms with Gasteiger partial charge in [0.05, 0.1) is 30.3 Å². The first-order valence-corrected chi connectivity index (χ1v) is 10.4. The van der Waals surface area contributed by atoms with Gasteiger partial charge in [-0.15, -0.1) is 0 Å². The highest BCUT2D eigenvalue weighted by atomic mass is 35.5. The van der Waals surface area contributed by atoms with Gasteiger partial charge in [0.25, 0.3) is 5.91 Å². The van der Waals surface area contributed by atoms with Crippen molar-refractivity contribution in [2.75, 3.05) is 13.7 Å². The molecule has 0 unspecified atom stereocenters. The minimum atomic E-state index is -0.517. The van der Waals surface area contributed by atoms with Gasteiger partial charge in [0.2, 0.25) is 0 Å². The molecule has 0 radical (unpaired) electrons. The molecule has 0 atom stereocenters. The van der Waals surface area contributed by atoms with Gasteiger partial charge in [0.1, 0.15) is 16.7 Å². The van der Waals surface area contributed by atoms with Crippen LogP contribution in [0, 0.1) is 0 Å². The summed E-state index contributed by atoms with van der Waals surface area (Å²) in [4.78, 5) is 35.9. The van der Waals surface area contributed by atoms with E-state index in [4.69, 9.17) is 21.1 Å². The lowest BCUT2D eigenvalue weighted by atomic mass is 10.1. The number of carbonyl (C=O) groups excluding carboxylic acids is 2. The fraction of sp³-hybridized carbons (Fsp3) is 0.143. The van der Waals surface area contributed by atoms with Gasteiger partial charge in [-0.05, 0) is 42.0 Å². The molecule has 2 aromatic carbocycles. The molecule has 1 amide bonds. The monoisotopic (exact) mass is 475 g/mol. The van der Waals surface area contributed by atoms with Crippen LogP contribution in [0.1, 0.15) is 20.8 Å². The Bertz CT molecular complexity index is 1200. The largest absolute Gasteiger partial charge is 0.508 e. The van der Waals surface area contributed by atoms with Crippen LogP contribution >= 0.6 is 22.9 Å². The summed E-state index contributed by atoms with van der Waals surface area (Å²) in [6.45, 7) is -0.136. The number of hydrogen-bond acceptors (Lipinski definition) is 8. The standard InChI is InChI=1S/C21H18ClN3O6S/c1-30-20(28)14-4-2-3-13(9-14)11-25-19(22)17(32-21(25)29)10-23-24-18(27)12-31-16-7-5-15(26)6-8-16/h2-10,26H,11-12H2,1H3,(H,24,27)/b23-10+. The molecule has 1 heterocycles. The second-order valence-corrected chi connectivity index (χ2v) is 7.73. The molecule has 0 aliphatic heterocycles. The van der Waals surface area contributed by atoms with Gasteiger partial charge in [-0.2, -0.15) is 5.10 Å². The van der Waals surface area contributed by atoms with Gasteiger partial charge in [-0.1, -0.05) is 35.1 Å². The minimum absolute atomic E-state index is 0.0883. The normalized spacial score (nSPS) is 10.8. The lowest BCUT2D eigenvalue weighted by molar-refractivity contribution is -0.123. The van der Waals surface area contributed by atoms with Crippen molar-refractivity contribution in [1.29, 1.82) is 0 Å². The predicted molar refractivity (Wildman–Crippen MR) is 120 cm³/mol. The lowest BCUT2D eigenvalue weighted by Crippen LogP contribution is -2.24. The maximum Gasteiger partial charge on any atom is 0.337 e. The average Bonchev–Trinajstić information content (AvgIpc) is 3.06. The van der Waals surface area contributed by atoms with Crippen LogP contribution in [0.15, 0.2) is 58.4 Å². The Balaban J connectivity index is 1.61. The molecule has 3 aromatic rings. The van der Waals surface area contributed by atoms with Crippen molar-refractivity contribution in [2.45, 2.75) is 6.54 Å². The van der Waals surface area contributed by atoms with E-state index in [1.54, 1.807) is 24.3 Å². The number of phenols is 1. The number of ether oxygens (including phenoxy) is 2. The molecule has 2 N–H and O–H groups in total. The summed E-state index contributed by atoms with van der Waals surface area (Å²) in [7, 11) is 1.29. The van der Waals surface area contributed by atoms with E-state index in [9.17, 15) is 19.5 Å². The number of hydrazone groups is 1. The van der Waals surface area contributed by atoms with Crippen molar-refractivity contribution in [3.8, 4) is 11.5 Å². The Hall–Kier alpha value is -3.63. The predicted octanol–water partition coefficient (Wildman–Crippen LogP) is 2.63. The Morgan fingerprint density at radius 3 is 2.72 bits per heavy atom. The van der Waals surface area contributed by atoms with Gasteiger partial charge >= 0.3 is 10.8 Å². The van der Waals surface area contributed by atoms with Gasteiger partial charge in [-0.3, -0.25) is 14.2 Å². The molecule has 3 rings (SSSR count). The van der Waals surface area contributed by atoms with Gasteiger partial charge < -0.3 is 14.6 Å². The maximum absolute atomic E-state index is 12.3. The Morgan fingerprint density at radius 1 is 1.25 bits per heavy atom. The molecule has 11 heteroatoms. The number of benzene rings is 2. The summed E-state index contributed by atoms with van der Waals surface area (Å²) in [6.07, 6.45) is 1.27. The summed E-state index contributed by atoms with van der Waals surface area (Å²) >= 11 is 7.18. The SMILES string of the molecule is COC(=O)c1cccc(Cn2c(Cl)c(/C=N/NC(=O)COc3ccc(O)cc3)sc2=O)c1. The smallest absolute Gasteiger partial charge is 0.337 e. The number of aromatic nitrogens is 1. The molecule has 1 aromatic heterocycles. The van der Waals surface area contributed by atoms with Crippen LogP contribution in [0.2, 0.25) is 5.15 Å². The number of hydrogen-bond donors (Lipinski definition) is 2. The van der Waals surface area contributed by atoms with E-state index >= 15 is 0 Å². The number of carbonyl (C=O) groups is 2. The third-order valence-electron chi connectivity index (χ3n) is 4.12. The van der Waals surface area contributed by atoms with E-state index in [-0.39, 0.29) is 28.9 Å². The number of methoxy groups -OCH3 is 1. The van der Waals surface area contributed by atoms with E-state index in [2.05, 4.69) is 10.5 Å². The Labute approximate surface area is 191 Å². The lowest BCUT2D eigenvalue weighted by Gasteiger charge is -2.06. The van der Waals surface area contributed by atoms with E-state index in [1.165, 1.54) is 42.2 Å². The Morgan fingerprint density at radius 2 is 2.00 bits per heavy atom. The van der Waals surface area contributed by atoms with Crippen molar-refractivity contribution >= 4 is 41.0 Å². The molecule has 0 bridgehead atoms. The van der Waals surface area contributed by atoms with Crippen LogP contribution in [0.4, 0.5) is 0 Å². The maximum atomic E-state index is 12.3. The van der Waals surface area contributed by atoms with Crippen LogP contribution in [-0.2, 0) is 16.1 Å². The van der Waals surface area contributed by atoms with Crippen molar-refractivity contribution < 1.29 is 24.2 Å². The van der Waals surface area contributed by atoms with Crippen LogP contribution in [-0.4, -0.2) is 41.5 Å². The van der Waals surface area contributed by atoms with Crippen molar-refractivity contribution in [2.24, 2.45) is 5.10 Å². The van der Waals surface area contributed by atoms with Crippen molar-refractivity contribution in [3.63, 3.8) is 0 Å². The zero-order valence-electron chi connectivity index (χ0n) is 16.8. The number of rotatable bonds is 8. The summed E-state index contributed by atoms with van der Waals surface area (Å²) in [5.74, 6) is -0.493. The van der Waals surface area contributed by atoms with Gasteiger partial charge in [0, 0.05) is 0 Å². The molecular weight excluding hydrogens is 458 g/mol. The first-order valence-electron chi connectivity index (χ1n) is 9.17. The summed E-state index contributed by atoms with van der Waals surface area (Å²) in [5, 5.41) is 13.2. The summed E-state index contributed by atoms with van der Waals surface area (Å²) in [5.41, 5.74) is 3.34. The number of amides is 1. The van der Waals surface area contributed by atoms with Crippen molar-refractivity contribution in [3.05, 3.63) is 79.4 Å². The van der Waals surface area contributed by atoms with Gasteiger partial charge in [0.15, 0.2) is 6.61 Å². The van der Waals surface area contributed by atoms with E-state index in [0.717, 1.165) is 11.3 Å². The zero-order valence-corrected chi connectivity index (χ0v) is 18.4. The van der Waals surface area contributed by atoms with Gasteiger partial charge in [-0.25, -0.2) is 10.2 Å². The molecule has 0 aliphatic rings. The topological polar surface area (TPSA) is 119 Å². The number of nitrogens with zero attached hydrogens (tertiary/aromatic N) is 2. The third-order valence-corrected chi connectivity index (χ3v) is 5.56. The molecule has 0 spiro atoms. The minimum Gasteiger partial charge on any atom is -0.508 e. The molecule has 0 fully saturated rings. The van der Waals surface area contributed by atoms with Crippen molar-refractivity contribution in [1.82, 2.24) is 9.99 Å². The average molecular weight is 476 g/mol. The van der Waals surface area contributed by atoms with Crippen LogP contribution in [0.5, 0.6) is 11.5 Å². The van der Waals surface area contributed by atoms with Crippen LogP contribution < -0.4 is 15.0 Å². The van der Waals surface area contributed by atoms with Crippen LogP contribution in [0.3, 0.4) is 0 Å². The number of esters is 1. The summed E-state index contributed by atoms with van der Waals surface area (Å²) < 4.78 is 11.3. The number of thiazole rings is 1. The van der Waals surface area contributed by atoms with E-state index in [0.29, 0.717) is 21.8 Å². The molecular formula is C21H18ClN3O6S. The van der Waals surface area contributed by atoms with E-state index < -0.39 is 11.9 Å². The fourth-order valence-corrected chi connectivity index (χ4v) is 3.71. The number of phenolic OH excluding ortho intramolecular Hbond substituents is 1. The second-order valence-electron chi connectivity index (χ2n) is 6.38. The number of nitrogens with one attached hydrogen (secondary N) is 1. The molecule has 32 heavy (non-hydrogen) atoms. The highest BCUT2D eigenvalue weighted by molar-refractivity contribution is 7.11. The zero-order chi connectivity index (χ0) is 23.1. The fourth-order valence-electron chi connectivity index (χ4n) is 2.60. The number of halogens is 1. The Kier molecular flexibility index (Phi) is 7.63. The molecule has 0 saturated carbocycles. The molecule has 0 aliphatic carbocycles. The van der Waals surface area contributed by atoms with Crippen LogP contribution in [0.25, 0.3) is 0 Å². The first kappa shape index (κ1) is 23.0. The summed E-state index contributed by atoms with van der Waals surface area (Å²) in [6, 6.07) is 12.6. The highest BCUT2D eigenvalue weighted by Gasteiger charge is 2.13. The third kappa shape index (κ3) is 5.96. The first-order chi connectivity index (χ1) is 15.4. The quantitative estimate of drug-likeness (QED) is 0.293.